The van der Waals surface area contributed by atoms with E-state index in [1.807, 2.05) is 50.4 Å². The predicted molar refractivity (Wildman–Crippen MR) is 149 cm³/mol. The predicted octanol–water partition coefficient (Wildman–Crippen LogP) is 1.89. The van der Waals surface area contributed by atoms with E-state index in [1.165, 1.54) is 6.92 Å². The number of aromatic nitrogens is 1. The van der Waals surface area contributed by atoms with Gasteiger partial charge in [0.2, 0.25) is 17.7 Å². The Balaban J connectivity index is 1.60. The fourth-order valence-corrected chi connectivity index (χ4v) is 4.34. The summed E-state index contributed by atoms with van der Waals surface area (Å²) in [6, 6.07) is 12.7. The maximum atomic E-state index is 13.1. The lowest BCUT2D eigenvalue weighted by Crippen LogP contribution is -2.56. The van der Waals surface area contributed by atoms with Gasteiger partial charge in [0.15, 0.2) is 0 Å². The van der Waals surface area contributed by atoms with Crippen LogP contribution in [0.25, 0.3) is 10.9 Å². The average Bonchev–Trinajstić information content (AvgIpc) is 3.30. The minimum absolute atomic E-state index is 0.0669. The Morgan fingerprint density at radius 1 is 0.821 bits per heavy atom. The fraction of sp³-hybridized carbons (Fsp3) is 0.379. The molecule has 0 fully saturated rings. The van der Waals surface area contributed by atoms with E-state index >= 15 is 0 Å². The number of rotatable bonds is 13. The Labute approximate surface area is 227 Å². The first kappa shape index (κ1) is 29.4. The Morgan fingerprint density at radius 3 is 2.13 bits per heavy atom. The number of carboxylic acids is 1. The van der Waals surface area contributed by atoms with Gasteiger partial charge in [0, 0.05) is 23.5 Å². The van der Waals surface area contributed by atoms with Crippen LogP contribution < -0.4 is 21.7 Å². The van der Waals surface area contributed by atoms with Crippen LogP contribution in [0.3, 0.4) is 0 Å². The minimum atomic E-state index is -1.18. The maximum absolute atomic E-state index is 13.1. The molecule has 3 rings (SSSR count). The molecule has 39 heavy (non-hydrogen) atoms. The van der Waals surface area contributed by atoms with Gasteiger partial charge in [0.1, 0.15) is 18.1 Å². The molecule has 0 saturated carbocycles. The number of carbonyl (C=O) groups is 4. The molecule has 3 amide bonds. The van der Waals surface area contributed by atoms with Crippen molar-refractivity contribution in [1.82, 2.24) is 20.9 Å². The monoisotopic (exact) mass is 535 g/mol. The van der Waals surface area contributed by atoms with Gasteiger partial charge in [-0.2, -0.15) is 0 Å². The molecule has 0 aliphatic carbocycles. The van der Waals surface area contributed by atoms with Crippen molar-refractivity contribution in [2.75, 3.05) is 0 Å². The van der Waals surface area contributed by atoms with Crippen molar-refractivity contribution in [2.45, 2.75) is 64.2 Å². The van der Waals surface area contributed by atoms with Crippen LogP contribution in [0, 0.1) is 5.92 Å². The Kier molecular flexibility index (Phi) is 10.2. The number of amides is 3. The summed E-state index contributed by atoms with van der Waals surface area (Å²) < 4.78 is 0. The van der Waals surface area contributed by atoms with Crippen LogP contribution in [-0.4, -0.2) is 57.9 Å². The first-order chi connectivity index (χ1) is 18.5. The van der Waals surface area contributed by atoms with Crippen molar-refractivity contribution in [2.24, 2.45) is 11.7 Å². The molecule has 1 heterocycles. The van der Waals surface area contributed by atoms with Crippen LogP contribution in [0.15, 0.2) is 60.8 Å². The number of carboxylic acid groups (broad SMARTS) is 1. The highest BCUT2D eigenvalue weighted by Crippen LogP contribution is 2.19. The fourth-order valence-electron chi connectivity index (χ4n) is 4.34. The van der Waals surface area contributed by atoms with E-state index in [0.29, 0.717) is 6.42 Å². The van der Waals surface area contributed by atoms with E-state index in [4.69, 9.17) is 5.73 Å². The van der Waals surface area contributed by atoms with Gasteiger partial charge in [-0.25, -0.2) is 4.79 Å². The largest absolute Gasteiger partial charge is 0.480 e. The summed E-state index contributed by atoms with van der Waals surface area (Å²) >= 11 is 0. The molecule has 0 bridgehead atoms. The average molecular weight is 536 g/mol. The van der Waals surface area contributed by atoms with Gasteiger partial charge in [-0.3, -0.25) is 14.4 Å². The summed E-state index contributed by atoms with van der Waals surface area (Å²) in [5.74, 6) is -2.78. The third kappa shape index (κ3) is 8.41. The third-order valence-corrected chi connectivity index (χ3v) is 6.44. The van der Waals surface area contributed by atoms with Crippen LogP contribution >= 0.6 is 0 Å². The number of aromatic amines is 1. The number of nitrogens with one attached hydrogen (secondary N) is 4. The SMILES string of the molecule is CC(C)CC(NC(=O)C(N)Cc1c[nH]c2ccccc12)C(=O)NC(C)C(=O)NC(Cc1ccccc1)C(=O)O. The van der Waals surface area contributed by atoms with Crippen molar-refractivity contribution in [1.29, 1.82) is 0 Å². The van der Waals surface area contributed by atoms with E-state index < -0.39 is 47.9 Å². The zero-order valence-corrected chi connectivity index (χ0v) is 22.4. The number of fused-ring (bicyclic) bond motifs is 1. The summed E-state index contributed by atoms with van der Waals surface area (Å²) in [4.78, 5) is 53.7. The molecule has 0 aliphatic rings. The number of hydrogen-bond acceptors (Lipinski definition) is 5. The molecular formula is C29H37N5O5. The van der Waals surface area contributed by atoms with Gasteiger partial charge in [-0.1, -0.05) is 62.4 Å². The van der Waals surface area contributed by atoms with Gasteiger partial charge < -0.3 is 31.8 Å². The number of benzene rings is 2. The molecule has 0 spiro atoms. The molecule has 4 atom stereocenters. The number of aliphatic carboxylic acids is 1. The number of H-pyrrole nitrogens is 1. The van der Waals surface area contributed by atoms with E-state index in [1.54, 1.807) is 24.3 Å². The summed E-state index contributed by atoms with van der Waals surface area (Å²) in [6.45, 7) is 5.29. The van der Waals surface area contributed by atoms with Crippen LogP contribution in [0.2, 0.25) is 0 Å². The molecule has 4 unspecified atom stereocenters. The van der Waals surface area contributed by atoms with Crippen molar-refractivity contribution in [3.8, 4) is 0 Å². The molecule has 0 aliphatic heterocycles. The van der Waals surface area contributed by atoms with Crippen molar-refractivity contribution in [3.05, 3.63) is 71.9 Å². The van der Waals surface area contributed by atoms with Crippen molar-refractivity contribution in [3.63, 3.8) is 0 Å². The topological polar surface area (TPSA) is 166 Å². The minimum Gasteiger partial charge on any atom is -0.480 e. The highest BCUT2D eigenvalue weighted by atomic mass is 16.4. The maximum Gasteiger partial charge on any atom is 0.326 e. The van der Waals surface area contributed by atoms with E-state index in [2.05, 4.69) is 20.9 Å². The molecule has 10 heteroatoms. The van der Waals surface area contributed by atoms with E-state index in [0.717, 1.165) is 22.0 Å². The van der Waals surface area contributed by atoms with Crippen molar-refractivity contribution >= 4 is 34.6 Å². The second kappa shape index (κ2) is 13.6. The highest BCUT2D eigenvalue weighted by Gasteiger charge is 2.29. The van der Waals surface area contributed by atoms with Gasteiger partial charge in [0.25, 0.3) is 0 Å². The number of nitrogens with two attached hydrogens (primary N) is 1. The van der Waals surface area contributed by atoms with Gasteiger partial charge in [0.05, 0.1) is 6.04 Å². The summed E-state index contributed by atoms with van der Waals surface area (Å²) in [5, 5.41) is 18.4. The molecule has 3 aromatic rings. The number of carbonyl (C=O) groups excluding carboxylic acids is 3. The smallest absolute Gasteiger partial charge is 0.326 e. The second-order valence-electron chi connectivity index (χ2n) is 10.2. The van der Waals surface area contributed by atoms with Gasteiger partial charge in [-0.15, -0.1) is 0 Å². The lowest BCUT2D eigenvalue weighted by molar-refractivity contribution is -0.142. The van der Waals surface area contributed by atoms with Crippen LogP contribution in [0.5, 0.6) is 0 Å². The Morgan fingerprint density at radius 2 is 1.46 bits per heavy atom. The lowest BCUT2D eigenvalue weighted by atomic mass is 10.0. The van der Waals surface area contributed by atoms with Gasteiger partial charge in [-0.05, 0) is 42.9 Å². The first-order valence-corrected chi connectivity index (χ1v) is 13.0. The lowest BCUT2D eigenvalue weighted by Gasteiger charge is -2.24. The zero-order valence-electron chi connectivity index (χ0n) is 22.4. The molecule has 10 nitrogen and oxygen atoms in total. The molecule has 2 aromatic carbocycles. The third-order valence-electron chi connectivity index (χ3n) is 6.44. The number of hydrogen-bond donors (Lipinski definition) is 6. The van der Waals surface area contributed by atoms with Gasteiger partial charge >= 0.3 is 5.97 Å². The van der Waals surface area contributed by atoms with E-state index in [9.17, 15) is 24.3 Å². The van der Waals surface area contributed by atoms with Crippen LogP contribution in [0.1, 0.15) is 38.3 Å². The van der Waals surface area contributed by atoms with Crippen LogP contribution in [-0.2, 0) is 32.0 Å². The summed E-state index contributed by atoms with van der Waals surface area (Å²) in [6.07, 6.45) is 2.53. The molecule has 1 aromatic heterocycles. The normalized spacial score (nSPS) is 14.3. The highest BCUT2D eigenvalue weighted by molar-refractivity contribution is 5.94. The molecule has 208 valence electrons. The first-order valence-electron chi connectivity index (χ1n) is 13.0. The zero-order chi connectivity index (χ0) is 28.5. The van der Waals surface area contributed by atoms with Crippen molar-refractivity contribution < 1.29 is 24.3 Å². The molecule has 7 N–H and O–H groups in total. The molecule has 0 saturated heterocycles. The summed E-state index contributed by atoms with van der Waals surface area (Å²) in [5.41, 5.74) is 8.79. The Hall–Kier alpha value is -4.18. The standard InChI is InChI=1S/C29H37N5O5/c1-17(2)13-24(33-27(36)22(30)15-20-16-31-23-12-8-7-11-21(20)23)28(37)32-18(3)26(35)34-25(29(38)39)14-19-9-5-4-6-10-19/h4-12,16-18,22,24-25,31H,13-15,30H2,1-3H3,(H,32,37)(H,33,36)(H,34,35)(H,38,39). The summed E-state index contributed by atoms with van der Waals surface area (Å²) in [7, 11) is 0. The second-order valence-corrected chi connectivity index (χ2v) is 10.2. The van der Waals surface area contributed by atoms with Crippen LogP contribution in [0.4, 0.5) is 0 Å². The molecular weight excluding hydrogens is 498 g/mol. The Bertz CT molecular complexity index is 1290. The quantitative estimate of drug-likeness (QED) is 0.195. The van der Waals surface area contributed by atoms with E-state index in [-0.39, 0.29) is 18.8 Å². The number of para-hydroxylation sites is 1. The molecule has 0 radical (unpaired) electrons.